The molecule has 0 radical (unpaired) electrons. The molecule has 1 atom stereocenters. The molecule has 1 saturated heterocycles. The summed E-state index contributed by atoms with van der Waals surface area (Å²) in [5.41, 5.74) is 0.646. The van der Waals surface area contributed by atoms with Gasteiger partial charge in [0, 0.05) is 32.1 Å². The van der Waals surface area contributed by atoms with Gasteiger partial charge in [-0.25, -0.2) is 4.39 Å². The highest BCUT2D eigenvalue weighted by atomic mass is 19.1. The first kappa shape index (κ1) is 16.8. The number of unbranched alkanes of at least 4 members (excludes halogenated alkanes) is 1. The Balaban J connectivity index is 1.91. The summed E-state index contributed by atoms with van der Waals surface area (Å²) in [5, 5.41) is 0. The molecule has 1 heterocycles. The summed E-state index contributed by atoms with van der Waals surface area (Å²) in [5.74, 6) is 0.251. The molecule has 0 aromatic heterocycles. The van der Waals surface area contributed by atoms with Crippen LogP contribution in [0.1, 0.15) is 39.5 Å². The number of carbonyl (C=O) groups excluding carboxylic acids is 1. The van der Waals surface area contributed by atoms with Crippen LogP contribution in [0, 0.1) is 11.7 Å². The van der Waals surface area contributed by atoms with Crippen molar-refractivity contribution in [1.29, 1.82) is 0 Å². The molecule has 2 rings (SSSR count). The summed E-state index contributed by atoms with van der Waals surface area (Å²) < 4.78 is 13.8. The van der Waals surface area contributed by atoms with Gasteiger partial charge in [0.2, 0.25) is 5.91 Å². The van der Waals surface area contributed by atoms with E-state index in [1.54, 1.807) is 6.07 Å². The van der Waals surface area contributed by atoms with Crippen molar-refractivity contribution in [3.63, 3.8) is 0 Å². The van der Waals surface area contributed by atoms with E-state index in [1.807, 2.05) is 21.9 Å². The van der Waals surface area contributed by atoms with Crippen molar-refractivity contribution in [2.75, 3.05) is 31.1 Å². The molecular weight excluding hydrogens is 279 g/mol. The number of benzene rings is 1. The highest BCUT2D eigenvalue weighted by Gasteiger charge is 2.26. The molecule has 0 bridgehead atoms. The number of hydrogen-bond acceptors (Lipinski definition) is 2. The van der Waals surface area contributed by atoms with Crippen molar-refractivity contribution in [3.05, 3.63) is 30.1 Å². The number of nitrogens with zero attached hydrogens (tertiary/aromatic N) is 2. The molecule has 1 fully saturated rings. The molecule has 0 N–H and O–H groups in total. The molecular formula is C18H27FN2O. The Hall–Kier alpha value is -1.58. The van der Waals surface area contributed by atoms with Gasteiger partial charge in [-0.3, -0.25) is 4.79 Å². The normalized spacial score (nSPS) is 16.7. The highest BCUT2D eigenvalue weighted by Crippen LogP contribution is 2.22. The molecule has 1 aliphatic heterocycles. The molecule has 0 spiro atoms. The Morgan fingerprint density at radius 1 is 1.18 bits per heavy atom. The molecule has 1 aliphatic rings. The van der Waals surface area contributed by atoms with E-state index < -0.39 is 0 Å². The second-order valence-corrected chi connectivity index (χ2v) is 6.01. The average molecular weight is 306 g/mol. The third kappa shape index (κ3) is 3.99. The molecule has 1 aromatic carbocycles. The molecule has 22 heavy (non-hydrogen) atoms. The van der Waals surface area contributed by atoms with Crippen LogP contribution < -0.4 is 4.90 Å². The molecule has 0 saturated carbocycles. The molecule has 1 aromatic rings. The number of amides is 1. The van der Waals surface area contributed by atoms with Crippen LogP contribution in [0.25, 0.3) is 0 Å². The van der Waals surface area contributed by atoms with Crippen LogP contribution in [0.4, 0.5) is 10.1 Å². The van der Waals surface area contributed by atoms with Crippen molar-refractivity contribution < 1.29 is 9.18 Å². The summed E-state index contributed by atoms with van der Waals surface area (Å²) in [6.07, 6.45) is 4.13. The first-order valence-corrected chi connectivity index (χ1v) is 8.45. The SMILES string of the molecule is CCCC[C@@H](CC)C(=O)N1CCN(c2ccccc2F)CC1. The predicted octanol–water partition coefficient (Wildman–Crippen LogP) is 3.69. The maximum atomic E-state index is 13.8. The van der Waals surface area contributed by atoms with E-state index in [-0.39, 0.29) is 17.6 Å². The van der Waals surface area contributed by atoms with Crippen LogP contribution in [0.5, 0.6) is 0 Å². The van der Waals surface area contributed by atoms with Gasteiger partial charge in [0.15, 0.2) is 0 Å². The quantitative estimate of drug-likeness (QED) is 0.800. The number of rotatable bonds is 6. The first-order valence-electron chi connectivity index (χ1n) is 8.45. The first-order chi connectivity index (χ1) is 10.7. The van der Waals surface area contributed by atoms with Gasteiger partial charge in [0.1, 0.15) is 5.82 Å². The Morgan fingerprint density at radius 3 is 2.45 bits per heavy atom. The van der Waals surface area contributed by atoms with Gasteiger partial charge in [-0.05, 0) is 25.0 Å². The van der Waals surface area contributed by atoms with E-state index in [4.69, 9.17) is 0 Å². The molecule has 1 amide bonds. The third-order valence-electron chi connectivity index (χ3n) is 4.53. The van der Waals surface area contributed by atoms with Crippen LogP contribution in [-0.4, -0.2) is 37.0 Å². The molecule has 4 heteroatoms. The van der Waals surface area contributed by atoms with Crippen molar-refractivity contribution in [1.82, 2.24) is 4.90 Å². The number of hydrogen-bond donors (Lipinski definition) is 0. The minimum Gasteiger partial charge on any atom is -0.366 e. The van der Waals surface area contributed by atoms with Crippen LogP contribution in [0.2, 0.25) is 0 Å². The largest absolute Gasteiger partial charge is 0.366 e. The summed E-state index contributed by atoms with van der Waals surface area (Å²) in [7, 11) is 0. The summed E-state index contributed by atoms with van der Waals surface area (Å²) in [6.45, 7) is 7.04. The maximum Gasteiger partial charge on any atom is 0.225 e. The number of piperazine rings is 1. The fraction of sp³-hybridized carbons (Fsp3) is 0.611. The number of anilines is 1. The fourth-order valence-corrected chi connectivity index (χ4v) is 3.09. The summed E-state index contributed by atoms with van der Waals surface area (Å²) in [4.78, 5) is 16.6. The monoisotopic (exact) mass is 306 g/mol. The van der Waals surface area contributed by atoms with E-state index >= 15 is 0 Å². The molecule has 3 nitrogen and oxygen atoms in total. The van der Waals surface area contributed by atoms with Gasteiger partial charge in [-0.1, -0.05) is 38.8 Å². The van der Waals surface area contributed by atoms with E-state index in [2.05, 4.69) is 13.8 Å². The Morgan fingerprint density at radius 2 is 1.86 bits per heavy atom. The van der Waals surface area contributed by atoms with E-state index in [0.717, 1.165) is 25.7 Å². The maximum absolute atomic E-state index is 13.8. The van der Waals surface area contributed by atoms with E-state index in [1.165, 1.54) is 6.07 Å². The van der Waals surface area contributed by atoms with Gasteiger partial charge in [-0.15, -0.1) is 0 Å². The van der Waals surface area contributed by atoms with Crippen LogP contribution >= 0.6 is 0 Å². The second kappa shape index (κ2) is 8.16. The van der Waals surface area contributed by atoms with E-state index in [9.17, 15) is 9.18 Å². The third-order valence-corrected chi connectivity index (χ3v) is 4.53. The smallest absolute Gasteiger partial charge is 0.225 e. The summed E-state index contributed by atoms with van der Waals surface area (Å²) in [6, 6.07) is 6.86. The lowest BCUT2D eigenvalue weighted by molar-refractivity contribution is -0.136. The zero-order valence-corrected chi connectivity index (χ0v) is 13.7. The van der Waals surface area contributed by atoms with Gasteiger partial charge in [0.05, 0.1) is 5.69 Å². The average Bonchev–Trinajstić information content (AvgIpc) is 2.56. The lowest BCUT2D eigenvalue weighted by Gasteiger charge is -2.37. The minimum absolute atomic E-state index is 0.153. The fourth-order valence-electron chi connectivity index (χ4n) is 3.09. The second-order valence-electron chi connectivity index (χ2n) is 6.01. The molecule has 0 aliphatic carbocycles. The Kier molecular flexibility index (Phi) is 6.22. The van der Waals surface area contributed by atoms with Gasteiger partial charge in [0.25, 0.3) is 0 Å². The van der Waals surface area contributed by atoms with Gasteiger partial charge < -0.3 is 9.80 Å². The number of para-hydroxylation sites is 1. The van der Waals surface area contributed by atoms with Crippen LogP contribution in [-0.2, 0) is 4.79 Å². The number of carbonyl (C=O) groups is 1. The van der Waals surface area contributed by atoms with Crippen molar-refractivity contribution in [3.8, 4) is 0 Å². The predicted molar refractivity (Wildman–Crippen MR) is 88.5 cm³/mol. The van der Waals surface area contributed by atoms with Gasteiger partial charge in [-0.2, -0.15) is 0 Å². The van der Waals surface area contributed by atoms with Crippen molar-refractivity contribution in [2.24, 2.45) is 5.92 Å². The minimum atomic E-state index is -0.184. The Bertz CT molecular complexity index is 484. The topological polar surface area (TPSA) is 23.6 Å². The molecule has 122 valence electrons. The number of halogens is 1. The zero-order chi connectivity index (χ0) is 15.9. The lowest BCUT2D eigenvalue weighted by atomic mass is 9.97. The van der Waals surface area contributed by atoms with Crippen molar-refractivity contribution >= 4 is 11.6 Å². The lowest BCUT2D eigenvalue weighted by Crippen LogP contribution is -2.50. The van der Waals surface area contributed by atoms with Crippen LogP contribution in [0.3, 0.4) is 0 Å². The zero-order valence-electron chi connectivity index (χ0n) is 13.7. The Labute approximate surface area is 133 Å². The molecule has 0 unspecified atom stereocenters. The van der Waals surface area contributed by atoms with Gasteiger partial charge >= 0.3 is 0 Å². The van der Waals surface area contributed by atoms with Crippen molar-refractivity contribution in [2.45, 2.75) is 39.5 Å². The van der Waals surface area contributed by atoms with Crippen LogP contribution in [0.15, 0.2) is 24.3 Å². The standard InChI is InChI=1S/C18H27FN2O/c1-3-5-8-15(4-2)18(22)21-13-11-20(12-14-21)17-10-7-6-9-16(17)19/h6-7,9-10,15H,3-5,8,11-14H2,1-2H3/t15-/m1/s1. The summed E-state index contributed by atoms with van der Waals surface area (Å²) >= 11 is 0. The van der Waals surface area contributed by atoms with E-state index in [0.29, 0.717) is 31.9 Å². The highest BCUT2D eigenvalue weighted by molar-refractivity contribution is 5.79.